The summed E-state index contributed by atoms with van der Waals surface area (Å²) >= 11 is 13.4. The lowest BCUT2D eigenvalue weighted by atomic mass is 10.2. The molecule has 0 radical (unpaired) electrons. The molecule has 0 saturated heterocycles. The number of hydrogen-bond acceptors (Lipinski definition) is 3. The number of nitrogens with zero attached hydrogens (tertiary/aromatic N) is 2. The highest BCUT2D eigenvalue weighted by atomic mass is 35.5. The van der Waals surface area contributed by atoms with Crippen LogP contribution in [0.3, 0.4) is 0 Å². The van der Waals surface area contributed by atoms with Gasteiger partial charge in [0.2, 0.25) is 5.91 Å². The number of hydrogen-bond donors (Lipinski definition) is 1. The summed E-state index contributed by atoms with van der Waals surface area (Å²) in [6, 6.07) is 15.0. The zero-order chi connectivity index (χ0) is 18.1. The number of fused-ring (bicyclic) bond motifs is 1. The molecule has 4 rings (SSSR count). The minimum atomic E-state index is -0.127. The van der Waals surface area contributed by atoms with Gasteiger partial charge in [0, 0.05) is 28.5 Å². The smallest absolute Gasteiger partial charge is 0.230 e. The number of rotatable bonds is 4. The number of anilines is 1. The summed E-state index contributed by atoms with van der Waals surface area (Å²) in [5, 5.41) is 5.65. The molecule has 4 aromatic rings. The lowest BCUT2D eigenvalue weighted by molar-refractivity contribution is -0.115. The molecule has 0 spiro atoms. The fourth-order valence-corrected chi connectivity index (χ4v) is 3.82. The Balaban J connectivity index is 1.54. The van der Waals surface area contributed by atoms with Gasteiger partial charge in [0.15, 0.2) is 4.96 Å². The first-order valence-corrected chi connectivity index (χ1v) is 9.49. The van der Waals surface area contributed by atoms with Gasteiger partial charge < -0.3 is 5.32 Å². The quantitative estimate of drug-likeness (QED) is 0.487. The van der Waals surface area contributed by atoms with Crippen molar-refractivity contribution < 1.29 is 4.79 Å². The molecule has 0 aliphatic heterocycles. The molecule has 2 heterocycles. The molecule has 0 aliphatic carbocycles. The third-order valence-electron chi connectivity index (χ3n) is 3.90. The zero-order valence-corrected chi connectivity index (χ0v) is 15.8. The summed E-state index contributed by atoms with van der Waals surface area (Å²) in [6.07, 6.45) is 2.20. The predicted molar refractivity (Wildman–Crippen MR) is 107 cm³/mol. The monoisotopic (exact) mass is 401 g/mol. The van der Waals surface area contributed by atoms with Crippen LogP contribution in [0, 0.1) is 0 Å². The Labute approximate surface area is 164 Å². The molecular formula is C19H13Cl2N3OS. The number of nitrogens with one attached hydrogen (secondary N) is 1. The summed E-state index contributed by atoms with van der Waals surface area (Å²) in [7, 11) is 0. The van der Waals surface area contributed by atoms with Gasteiger partial charge in [-0.3, -0.25) is 9.20 Å². The first-order valence-electron chi connectivity index (χ1n) is 7.86. The van der Waals surface area contributed by atoms with Gasteiger partial charge in [-0.15, -0.1) is 11.3 Å². The van der Waals surface area contributed by atoms with E-state index < -0.39 is 0 Å². The Bertz CT molecular complexity index is 1090. The van der Waals surface area contributed by atoms with Crippen molar-refractivity contribution in [2.75, 3.05) is 5.32 Å². The number of imidazole rings is 1. The van der Waals surface area contributed by atoms with Gasteiger partial charge in [-0.05, 0) is 18.2 Å². The van der Waals surface area contributed by atoms with Crippen molar-refractivity contribution in [1.82, 2.24) is 9.38 Å². The maximum atomic E-state index is 12.4. The van der Waals surface area contributed by atoms with E-state index in [1.807, 2.05) is 46.3 Å². The van der Waals surface area contributed by atoms with Gasteiger partial charge in [0.25, 0.3) is 0 Å². The lowest BCUT2D eigenvalue weighted by Crippen LogP contribution is -2.15. The van der Waals surface area contributed by atoms with E-state index in [2.05, 4.69) is 10.3 Å². The summed E-state index contributed by atoms with van der Waals surface area (Å²) in [4.78, 5) is 17.9. The SMILES string of the molecule is O=C(Cc1csc2nc(-c3ccccc3)cn12)Nc1ccc(Cl)c(Cl)c1. The summed E-state index contributed by atoms with van der Waals surface area (Å²) in [5.74, 6) is -0.127. The number of thiazole rings is 1. The average Bonchev–Trinajstić information content (AvgIpc) is 3.21. The summed E-state index contributed by atoms with van der Waals surface area (Å²) < 4.78 is 1.96. The van der Waals surface area contributed by atoms with Crippen LogP contribution in [0.4, 0.5) is 5.69 Å². The Hall–Kier alpha value is -2.34. The van der Waals surface area contributed by atoms with Gasteiger partial charge in [-0.25, -0.2) is 4.98 Å². The van der Waals surface area contributed by atoms with Crippen LogP contribution in [-0.4, -0.2) is 15.3 Å². The second kappa shape index (κ2) is 7.11. The van der Waals surface area contributed by atoms with Crippen LogP contribution < -0.4 is 5.32 Å². The minimum absolute atomic E-state index is 0.127. The third kappa shape index (κ3) is 3.46. The number of carbonyl (C=O) groups excluding carboxylic acids is 1. The van der Waals surface area contributed by atoms with Gasteiger partial charge in [-0.2, -0.15) is 0 Å². The number of carbonyl (C=O) groups is 1. The number of benzene rings is 2. The highest BCUT2D eigenvalue weighted by molar-refractivity contribution is 7.15. The molecule has 130 valence electrons. The molecule has 0 aliphatic rings. The van der Waals surface area contributed by atoms with E-state index in [0.29, 0.717) is 15.7 Å². The van der Waals surface area contributed by atoms with E-state index in [1.54, 1.807) is 18.2 Å². The highest BCUT2D eigenvalue weighted by Gasteiger charge is 2.13. The van der Waals surface area contributed by atoms with Crippen molar-refractivity contribution in [2.45, 2.75) is 6.42 Å². The largest absolute Gasteiger partial charge is 0.326 e. The van der Waals surface area contributed by atoms with Gasteiger partial charge in [0.1, 0.15) is 0 Å². The Morgan fingerprint density at radius 2 is 1.92 bits per heavy atom. The summed E-state index contributed by atoms with van der Waals surface area (Å²) in [6.45, 7) is 0. The van der Waals surface area contributed by atoms with E-state index in [9.17, 15) is 4.79 Å². The van der Waals surface area contributed by atoms with Crippen LogP contribution in [-0.2, 0) is 11.2 Å². The van der Waals surface area contributed by atoms with E-state index in [0.717, 1.165) is 21.9 Å². The maximum Gasteiger partial charge on any atom is 0.230 e. The van der Waals surface area contributed by atoms with Crippen LogP contribution in [0.15, 0.2) is 60.1 Å². The number of aromatic nitrogens is 2. The number of halogens is 2. The molecule has 4 nitrogen and oxygen atoms in total. The van der Waals surface area contributed by atoms with E-state index >= 15 is 0 Å². The molecule has 7 heteroatoms. The lowest BCUT2D eigenvalue weighted by Gasteiger charge is -2.06. The Morgan fingerprint density at radius 3 is 2.69 bits per heavy atom. The average molecular weight is 402 g/mol. The van der Waals surface area contributed by atoms with E-state index in [4.69, 9.17) is 23.2 Å². The molecule has 2 aromatic heterocycles. The Kier molecular flexibility index (Phi) is 4.68. The molecule has 26 heavy (non-hydrogen) atoms. The van der Waals surface area contributed by atoms with Gasteiger partial charge >= 0.3 is 0 Å². The minimum Gasteiger partial charge on any atom is -0.326 e. The van der Waals surface area contributed by atoms with Crippen molar-refractivity contribution in [2.24, 2.45) is 0 Å². The molecule has 2 aromatic carbocycles. The van der Waals surface area contributed by atoms with Crippen LogP contribution in [0.1, 0.15) is 5.69 Å². The molecular weight excluding hydrogens is 389 g/mol. The second-order valence-corrected chi connectivity index (χ2v) is 7.38. The number of amides is 1. The topological polar surface area (TPSA) is 46.4 Å². The molecule has 0 unspecified atom stereocenters. The molecule has 1 N–H and O–H groups in total. The van der Waals surface area contributed by atoms with E-state index in [-0.39, 0.29) is 12.3 Å². The van der Waals surface area contributed by atoms with Crippen molar-refractivity contribution >= 4 is 51.1 Å². The summed E-state index contributed by atoms with van der Waals surface area (Å²) in [5.41, 5.74) is 3.45. The first kappa shape index (κ1) is 17.1. The normalized spacial score (nSPS) is 11.0. The highest BCUT2D eigenvalue weighted by Crippen LogP contribution is 2.26. The third-order valence-corrected chi connectivity index (χ3v) is 5.53. The van der Waals surface area contributed by atoms with Crippen molar-refractivity contribution in [3.8, 4) is 11.3 Å². The maximum absolute atomic E-state index is 12.4. The molecule has 0 saturated carbocycles. The fourth-order valence-electron chi connectivity index (χ4n) is 2.65. The Morgan fingerprint density at radius 1 is 1.12 bits per heavy atom. The van der Waals surface area contributed by atoms with Crippen molar-refractivity contribution in [3.63, 3.8) is 0 Å². The standard InChI is InChI=1S/C19H13Cl2N3OS/c20-15-7-6-13(8-16(15)21)22-18(25)9-14-11-26-19-23-17(10-24(14)19)12-4-2-1-3-5-12/h1-8,10-11H,9H2,(H,22,25). The fraction of sp³-hybridized carbons (Fsp3) is 0.0526. The molecule has 0 fully saturated rings. The first-order chi connectivity index (χ1) is 12.6. The van der Waals surface area contributed by atoms with Gasteiger partial charge in [-0.1, -0.05) is 53.5 Å². The molecule has 1 amide bonds. The van der Waals surface area contributed by atoms with Gasteiger partial charge in [0.05, 0.1) is 22.2 Å². The van der Waals surface area contributed by atoms with Crippen molar-refractivity contribution in [3.05, 3.63) is 75.8 Å². The molecule has 0 bridgehead atoms. The van der Waals surface area contributed by atoms with Crippen LogP contribution >= 0.6 is 34.5 Å². The molecule has 0 atom stereocenters. The van der Waals surface area contributed by atoms with Crippen LogP contribution in [0.5, 0.6) is 0 Å². The zero-order valence-electron chi connectivity index (χ0n) is 13.4. The van der Waals surface area contributed by atoms with Crippen molar-refractivity contribution in [1.29, 1.82) is 0 Å². The predicted octanol–water partition coefficient (Wildman–Crippen LogP) is 5.55. The van der Waals surface area contributed by atoms with Crippen LogP contribution in [0.2, 0.25) is 10.0 Å². The second-order valence-electron chi connectivity index (χ2n) is 5.73. The van der Waals surface area contributed by atoms with E-state index in [1.165, 1.54) is 11.3 Å². The van der Waals surface area contributed by atoms with Crippen LogP contribution in [0.25, 0.3) is 16.2 Å².